The number of rotatable bonds is 8. The van der Waals surface area contributed by atoms with Crippen LogP contribution in [-0.4, -0.2) is 84.7 Å². The normalized spacial score (nSPS) is 40.0. The Balaban J connectivity index is 1.48. The molecule has 1 saturated carbocycles. The Morgan fingerprint density at radius 3 is 2.54 bits per heavy atom. The second-order valence-corrected chi connectivity index (χ2v) is 8.29. The van der Waals surface area contributed by atoms with Crippen molar-refractivity contribution in [2.75, 3.05) is 19.8 Å². The number of aliphatic hydroxyl groups excluding tert-OH is 3. The highest BCUT2D eigenvalue weighted by molar-refractivity contribution is 7.80. The van der Waals surface area contributed by atoms with Gasteiger partial charge in [-0.1, -0.05) is 12.2 Å². The molecule has 3 aliphatic rings. The van der Waals surface area contributed by atoms with Gasteiger partial charge in [0, 0.05) is 12.5 Å². The van der Waals surface area contributed by atoms with E-state index in [-0.39, 0.29) is 30.9 Å². The number of carbonyl (C=O) groups is 1. The fraction of sp³-hybridized carbons (Fsp3) is 0.812. The molecule has 1 amide bonds. The lowest BCUT2D eigenvalue weighted by atomic mass is 9.93. The molecule has 160 valence electrons. The van der Waals surface area contributed by atoms with Crippen molar-refractivity contribution < 1.29 is 46.7 Å². The zero-order valence-electron chi connectivity index (χ0n) is 15.0. The second-order valence-electron chi connectivity index (χ2n) is 7.24. The molecule has 2 aliphatic carbocycles. The molecule has 1 saturated heterocycles. The monoisotopic (exact) mass is 423 g/mol. The van der Waals surface area contributed by atoms with E-state index in [0.29, 0.717) is 5.92 Å². The molecule has 2 fully saturated rings. The van der Waals surface area contributed by atoms with Crippen LogP contribution >= 0.6 is 0 Å². The van der Waals surface area contributed by atoms with E-state index in [1.807, 2.05) is 0 Å². The van der Waals surface area contributed by atoms with E-state index < -0.39 is 47.7 Å². The average Bonchev–Trinajstić information content (AvgIpc) is 3.26. The Morgan fingerprint density at radius 1 is 1.21 bits per heavy atom. The number of amides is 1. The summed E-state index contributed by atoms with van der Waals surface area (Å²) in [5, 5.41) is 32.1. The van der Waals surface area contributed by atoms with Gasteiger partial charge in [0.05, 0.1) is 13.2 Å². The summed E-state index contributed by atoms with van der Waals surface area (Å²) in [5.74, 6) is 0.582. The predicted molar refractivity (Wildman–Crippen MR) is 92.0 cm³/mol. The minimum absolute atomic E-state index is 0.0621. The van der Waals surface area contributed by atoms with E-state index in [1.165, 1.54) is 0 Å². The summed E-state index contributed by atoms with van der Waals surface area (Å²) >= 11 is 0. The summed E-state index contributed by atoms with van der Waals surface area (Å²) in [6.45, 7) is -0.649. The van der Waals surface area contributed by atoms with Crippen molar-refractivity contribution in [3.05, 3.63) is 12.2 Å². The lowest BCUT2D eigenvalue weighted by molar-refractivity contribution is -0.296. The molecule has 2 bridgehead atoms. The minimum atomic E-state index is -4.97. The van der Waals surface area contributed by atoms with Gasteiger partial charge in [0.15, 0.2) is 6.29 Å². The molecular weight excluding hydrogens is 398 g/mol. The quantitative estimate of drug-likeness (QED) is 0.166. The molecule has 0 aromatic heterocycles. The Hall–Kier alpha value is -1.12. The molecule has 0 radical (unpaired) electrons. The van der Waals surface area contributed by atoms with Crippen LogP contribution in [0.5, 0.6) is 0 Å². The number of aliphatic hydroxyl groups is 3. The lowest BCUT2D eigenvalue weighted by Gasteiger charge is -2.40. The van der Waals surface area contributed by atoms with Crippen molar-refractivity contribution >= 4 is 16.3 Å². The fourth-order valence-corrected chi connectivity index (χ4v) is 4.52. The summed E-state index contributed by atoms with van der Waals surface area (Å²) < 4.78 is 45.5. The summed E-state index contributed by atoms with van der Waals surface area (Å²) in [5.41, 5.74) is 0. The van der Waals surface area contributed by atoms with Gasteiger partial charge >= 0.3 is 10.4 Å². The third kappa shape index (κ3) is 4.89. The molecule has 0 aromatic rings. The van der Waals surface area contributed by atoms with Crippen LogP contribution in [0.3, 0.4) is 0 Å². The molecule has 28 heavy (non-hydrogen) atoms. The van der Waals surface area contributed by atoms with Crippen molar-refractivity contribution in [2.24, 2.45) is 17.8 Å². The van der Waals surface area contributed by atoms with Gasteiger partial charge in [-0.25, -0.2) is 4.18 Å². The summed E-state index contributed by atoms with van der Waals surface area (Å²) in [7, 11) is -4.97. The molecule has 11 nitrogen and oxygen atoms in total. The maximum atomic E-state index is 12.2. The van der Waals surface area contributed by atoms with Gasteiger partial charge < -0.3 is 30.1 Å². The van der Waals surface area contributed by atoms with Gasteiger partial charge in [-0.3, -0.25) is 9.35 Å². The first-order valence-electron chi connectivity index (χ1n) is 9.05. The molecule has 1 heterocycles. The van der Waals surface area contributed by atoms with Crippen LogP contribution < -0.4 is 5.32 Å². The third-order valence-corrected chi connectivity index (χ3v) is 5.82. The van der Waals surface area contributed by atoms with Crippen LogP contribution in [0, 0.1) is 17.8 Å². The molecule has 12 heteroatoms. The van der Waals surface area contributed by atoms with E-state index >= 15 is 0 Å². The van der Waals surface area contributed by atoms with Crippen LogP contribution in [0.4, 0.5) is 0 Å². The highest BCUT2D eigenvalue weighted by Gasteiger charge is 2.47. The van der Waals surface area contributed by atoms with Gasteiger partial charge in [-0.2, -0.15) is 8.42 Å². The van der Waals surface area contributed by atoms with Crippen molar-refractivity contribution in [1.29, 1.82) is 0 Å². The maximum Gasteiger partial charge on any atom is 0.397 e. The average molecular weight is 423 g/mol. The van der Waals surface area contributed by atoms with Crippen molar-refractivity contribution in [2.45, 2.75) is 43.5 Å². The molecule has 8 atom stereocenters. The van der Waals surface area contributed by atoms with Gasteiger partial charge in [-0.05, 0) is 24.7 Å². The van der Waals surface area contributed by atoms with Crippen LogP contribution in [0.25, 0.3) is 0 Å². The molecule has 0 unspecified atom stereocenters. The van der Waals surface area contributed by atoms with Crippen molar-refractivity contribution in [3.8, 4) is 0 Å². The van der Waals surface area contributed by atoms with Crippen LogP contribution in [0.1, 0.15) is 12.8 Å². The topological polar surface area (TPSA) is 172 Å². The molecular formula is C16H25NO10S. The van der Waals surface area contributed by atoms with E-state index in [0.717, 1.165) is 12.8 Å². The Morgan fingerprint density at radius 2 is 1.96 bits per heavy atom. The number of ether oxygens (including phenoxy) is 2. The second kappa shape index (κ2) is 8.71. The summed E-state index contributed by atoms with van der Waals surface area (Å²) in [4.78, 5) is 12.2. The number of hydrogen-bond donors (Lipinski definition) is 5. The molecule has 0 spiro atoms. The fourth-order valence-electron chi connectivity index (χ4n) is 4.01. The van der Waals surface area contributed by atoms with E-state index in [2.05, 4.69) is 21.7 Å². The number of allylic oxidation sites excluding steroid dienone is 2. The van der Waals surface area contributed by atoms with Gasteiger partial charge in [0.25, 0.3) is 0 Å². The first-order valence-corrected chi connectivity index (χ1v) is 10.4. The highest BCUT2D eigenvalue weighted by Crippen LogP contribution is 2.43. The number of carbonyl (C=O) groups excluding carboxylic acids is 1. The van der Waals surface area contributed by atoms with Crippen LogP contribution in [0.2, 0.25) is 0 Å². The third-order valence-electron chi connectivity index (χ3n) is 5.35. The van der Waals surface area contributed by atoms with Crippen molar-refractivity contribution in [1.82, 2.24) is 5.32 Å². The van der Waals surface area contributed by atoms with Crippen molar-refractivity contribution in [3.63, 3.8) is 0 Å². The zero-order valence-corrected chi connectivity index (χ0v) is 15.8. The Bertz CT molecular complexity index is 698. The number of hydrogen-bond acceptors (Lipinski definition) is 9. The van der Waals surface area contributed by atoms with E-state index in [1.54, 1.807) is 0 Å². The lowest BCUT2D eigenvalue weighted by Crippen LogP contribution is -2.60. The molecule has 3 rings (SSSR count). The van der Waals surface area contributed by atoms with Gasteiger partial charge in [0.1, 0.15) is 24.4 Å². The van der Waals surface area contributed by atoms with Gasteiger partial charge in [0.2, 0.25) is 5.91 Å². The molecule has 5 N–H and O–H groups in total. The van der Waals surface area contributed by atoms with Crippen LogP contribution in [0.15, 0.2) is 12.2 Å². The van der Waals surface area contributed by atoms with E-state index in [9.17, 15) is 28.5 Å². The molecule has 1 aliphatic heterocycles. The zero-order chi connectivity index (χ0) is 20.5. The first kappa shape index (κ1) is 21.6. The minimum Gasteiger partial charge on any atom is -0.394 e. The predicted octanol–water partition coefficient (Wildman–Crippen LogP) is -2.04. The first-order chi connectivity index (χ1) is 13.2. The smallest absolute Gasteiger partial charge is 0.394 e. The van der Waals surface area contributed by atoms with Gasteiger partial charge in [-0.15, -0.1) is 0 Å². The number of nitrogens with one attached hydrogen (secondary N) is 1. The maximum absolute atomic E-state index is 12.2. The SMILES string of the molecule is O=C(NCCO[C@@H]1O[C@H](CO)[C@H](O)[C@H](OS(=O)(=O)O)[C@H]1O)[C@H]1C[C@@H]2C=C[C@H]1C2. The largest absolute Gasteiger partial charge is 0.397 e. The standard InChI is InChI=1S/C16H25NO10S/c18-7-11-12(19)14(27-28(22,23)24)13(20)16(26-11)25-4-3-17-15(21)10-6-8-1-2-9(10)5-8/h1-2,8-14,16,18-20H,3-7H2,(H,17,21)(H,22,23,24)/t8-,9+,10+,11-,12+,13-,14+,16-/m1/s1. The van der Waals surface area contributed by atoms with E-state index in [4.69, 9.17) is 14.0 Å². The Kier molecular flexibility index (Phi) is 6.72. The Labute approximate surface area is 162 Å². The number of fused-ring (bicyclic) bond motifs is 2. The summed E-state index contributed by atoms with van der Waals surface area (Å²) in [6, 6.07) is 0. The molecule has 0 aromatic carbocycles. The van der Waals surface area contributed by atoms with Crippen LogP contribution in [-0.2, 0) is 28.9 Å². The highest BCUT2D eigenvalue weighted by atomic mass is 32.3. The summed E-state index contributed by atoms with van der Waals surface area (Å²) in [6.07, 6.45) is -1.97.